The van der Waals surface area contributed by atoms with Crippen molar-refractivity contribution in [2.24, 2.45) is 5.73 Å². The smallest absolute Gasteiger partial charge is 0.412 e. The van der Waals surface area contributed by atoms with Gasteiger partial charge < -0.3 is 30.9 Å². The number of ether oxygens (including phenoxy) is 1. The number of carbonyl (C=O) groups excluding carboxylic acids is 3. The molecule has 2 heterocycles. The zero-order chi connectivity index (χ0) is 31.9. The monoisotopic (exact) mass is 601 g/mol. The SMILES string of the molecule is Cc1ccccc1C(CCN1CCN(C)CC1)(NC(N)=O)c1ccc(C(=O)Nc2ccccc2NC(=O)OC(C)(C)C)nc1. The van der Waals surface area contributed by atoms with Crippen LogP contribution in [0.15, 0.2) is 66.9 Å². The Morgan fingerprint density at radius 3 is 2.14 bits per heavy atom. The van der Waals surface area contributed by atoms with E-state index < -0.39 is 29.2 Å². The molecule has 0 radical (unpaired) electrons. The van der Waals surface area contributed by atoms with Gasteiger partial charge in [-0.25, -0.2) is 9.59 Å². The molecule has 0 aliphatic carbocycles. The maximum Gasteiger partial charge on any atom is 0.412 e. The first-order valence-electron chi connectivity index (χ1n) is 14.8. The van der Waals surface area contributed by atoms with E-state index in [0.29, 0.717) is 23.4 Å². The second kappa shape index (κ2) is 13.9. The number of carbonyl (C=O) groups is 3. The van der Waals surface area contributed by atoms with Crippen molar-refractivity contribution < 1.29 is 19.1 Å². The van der Waals surface area contributed by atoms with E-state index in [4.69, 9.17) is 10.5 Å². The Morgan fingerprint density at radius 1 is 0.909 bits per heavy atom. The van der Waals surface area contributed by atoms with Crippen molar-refractivity contribution in [3.8, 4) is 0 Å². The molecule has 1 atom stereocenters. The van der Waals surface area contributed by atoms with Gasteiger partial charge in [0, 0.05) is 44.5 Å². The van der Waals surface area contributed by atoms with Crippen molar-refractivity contribution in [1.29, 1.82) is 0 Å². The number of para-hydroxylation sites is 2. The molecule has 0 spiro atoms. The molecule has 1 aliphatic heterocycles. The third kappa shape index (κ3) is 8.33. The summed E-state index contributed by atoms with van der Waals surface area (Å²) in [5.41, 5.74) is 7.71. The van der Waals surface area contributed by atoms with Crippen LogP contribution in [0.2, 0.25) is 0 Å². The standard InChI is InChI=1S/C33H43N7O4/c1-23-10-6-7-11-25(23)33(38-30(34)42,16-17-40-20-18-39(5)19-21-40)24-14-15-28(35-22-24)29(41)36-26-12-8-9-13-27(26)37-31(43)44-32(2,3)4/h6-15,22H,16-21H2,1-5H3,(H,36,41)(H,37,43)(H3,34,38,42). The Balaban J connectivity index is 1.61. The van der Waals surface area contributed by atoms with E-state index in [9.17, 15) is 14.4 Å². The highest BCUT2D eigenvalue weighted by molar-refractivity contribution is 6.05. The van der Waals surface area contributed by atoms with Crippen molar-refractivity contribution in [2.75, 3.05) is 50.4 Å². The van der Waals surface area contributed by atoms with Crippen LogP contribution in [0.25, 0.3) is 0 Å². The minimum atomic E-state index is -0.966. The Bertz CT molecular complexity index is 1460. The molecule has 4 amide bonds. The Kier molecular flexibility index (Phi) is 10.2. The van der Waals surface area contributed by atoms with Crippen LogP contribution in [0.4, 0.5) is 21.0 Å². The number of aryl methyl sites for hydroxylation is 1. The topological polar surface area (TPSA) is 142 Å². The number of nitrogens with two attached hydrogens (primary N) is 1. The summed E-state index contributed by atoms with van der Waals surface area (Å²) in [6.07, 6.45) is 1.54. The lowest BCUT2D eigenvalue weighted by Gasteiger charge is -2.39. The van der Waals surface area contributed by atoms with Gasteiger partial charge in [0.25, 0.3) is 5.91 Å². The van der Waals surface area contributed by atoms with E-state index in [1.54, 1.807) is 63.4 Å². The number of hydrogen-bond acceptors (Lipinski definition) is 7. The fourth-order valence-corrected chi connectivity index (χ4v) is 5.38. The molecule has 1 aromatic heterocycles. The predicted molar refractivity (Wildman–Crippen MR) is 172 cm³/mol. The number of primary amides is 1. The number of rotatable bonds is 9. The van der Waals surface area contributed by atoms with Crippen molar-refractivity contribution >= 4 is 29.4 Å². The van der Waals surface area contributed by atoms with Gasteiger partial charge in [0.05, 0.1) is 16.9 Å². The first-order valence-corrected chi connectivity index (χ1v) is 14.8. The number of aromatic nitrogens is 1. The average molecular weight is 602 g/mol. The van der Waals surface area contributed by atoms with E-state index in [0.717, 1.165) is 43.9 Å². The number of amides is 4. The molecule has 0 bridgehead atoms. The van der Waals surface area contributed by atoms with Crippen LogP contribution in [-0.2, 0) is 10.3 Å². The number of urea groups is 1. The van der Waals surface area contributed by atoms with Gasteiger partial charge in [-0.3, -0.25) is 15.1 Å². The number of hydrogen-bond donors (Lipinski definition) is 4. The van der Waals surface area contributed by atoms with Gasteiger partial charge in [0.2, 0.25) is 0 Å². The average Bonchev–Trinajstić information content (AvgIpc) is 2.96. The fraction of sp³-hybridized carbons (Fsp3) is 0.394. The predicted octanol–water partition coefficient (Wildman–Crippen LogP) is 4.54. The second-order valence-electron chi connectivity index (χ2n) is 12.2. The van der Waals surface area contributed by atoms with Crippen LogP contribution < -0.4 is 21.7 Å². The lowest BCUT2D eigenvalue weighted by atomic mass is 9.78. The first-order chi connectivity index (χ1) is 20.9. The Morgan fingerprint density at radius 2 is 1.55 bits per heavy atom. The number of nitrogens with one attached hydrogen (secondary N) is 3. The fourth-order valence-electron chi connectivity index (χ4n) is 5.38. The maximum atomic E-state index is 13.3. The van der Waals surface area contributed by atoms with Gasteiger partial charge in [0.1, 0.15) is 11.3 Å². The van der Waals surface area contributed by atoms with Gasteiger partial charge >= 0.3 is 12.1 Å². The molecule has 4 rings (SSSR count). The summed E-state index contributed by atoms with van der Waals surface area (Å²) in [5.74, 6) is -0.461. The number of nitrogens with zero attached hydrogens (tertiary/aromatic N) is 3. The number of pyridine rings is 1. The van der Waals surface area contributed by atoms with Gasteiger partial charge in [-0.1, -0.05) is 42.5 Å². The van der Waals surface area contributed by atoms with Gasteiger partial charge in [-0.05, 0) is 70.5 Å². The van der Waals surface area contributed by atoms with Crippen molar-refractivity contribution in [2.45, 2.75) is 45.3 Å². The van der Waals surface area contributed by atoms with Gasteiger partial charge in [-0.2, -0.15) is 0 Å². The second-order valence-corrected chi connectivity index (χ2v) is 12.2. The Labute approximate surface area is 259 Å². The number of anilines is 2. The summed E-state index contributed by atoms with van der Waals surface area (Å²) in [7, 11) is 2.11. The zero-order valence-corrected chi connectivity index (χ0v) is 26.1. The van der Waals surface area contributed by atoms with Crippen LogP contribution in [0.3, 0.4) is 0 Å². The summed E-state index contributed by atoms with van der Waals surface area (Å²) in [4.78, 5) is 47.3. The molecule has 234 valence electrons. The van der Waals surface area contributed by atoms with Crippen LogP contribution in [-0.4, -0.2) is 78.2 Å². The van der Waals surface area contributed by atoms with E-state index in [1.807, 2.05) is 31.2 Å². The third-order valence-electron chi connectivity index (χ3n) is 7.64. The first kappa shape index (κ1) is 32.4. The number of benzene rings is 2. The lowest BCUT2D eigenvalue weighted by Crippen LogP contribution is -2.52. The molecule has 3 aromatic rings. The number of likely N-dealkylation sites (N-methyl/N-ethyl adjacent to an activating group) is 1. The summed E-state index contributed by atoms with van der Waals surface area (Å²) in [5, 5.41) is 8.56. The molecular weight excluding hydrogens is 558 g/mol. The quantitative estimate of drug-likeness (QED) is 0.282. The molecule has 11 heteroatoms. The van der Waals surface area contributed by atoms with Crippen LogP contribution in [0, 0.1) is 6.92 Å². The van der Waals surface area contributed by atoms with E-state index in [-0.39, 0.29) is 5.69 Å². The molecule has 1 aliphatic rings. The maximum absolute atomic E-state index is 13.3. The van der Waals surface area contributed by atoms with Crippen LogP contribution in [0.1, 0.15) is 54.4 Å². The van der Waals surface area contributed by atoms with Gasteiger partial charge in [0.15, 0.2) is 0 Å². The summed E-state index contributed by atoms with van der Waals surface area (Å²) >= 11 is 0. The highest BCUT2D eigenvalue weighted by Gasteiger charge is 2.38. The largest absolute Gasteiger partial charge is 0.444 e. The molecular formula is C33H43N7O4. The molecule has 44 heavy (non-hydrogen) atoms. The molecule has 1 saturated heterocycles. The molecule has 1 unspecified atom stereocenters. The van der Waals surface area contributed by atoms with Crippen LogP contribution >= 0.6 is 0 Å². The Hall–Kier alpha value is -4.48. The molecule has 2 aromatic carbocycles. The molecule has 0 saturated carbocycles. The van der Waals surface area contributed by atoms with Crippen molar-refractivity contribution in [1.82, 2.24) is 20.1 Å². The minimum absolute atomic E-state index is 0.164. The van der Waals surface area contributed by atoms with E-state index in [1.165, 1.54) is 0 Å². The lowest BCUT2D eigenvalue weighted by molar-refractivity contribution is 0.0635. The van der Waals surface area contributed by atoms with E-state index in [2.05, 4.69) is 37.8 Å². The summed E-state index contributed by atoms with van der Waals surface area (Å²) in [6.45, 7) is 11.9. The minimum Gasteiger partial charge on any atom is -0.444 e. The van der Waals surface area contributed by atoms with Crippen LogP contribution in [0.5, 0.6) is 0 Å². The van der Waals surface area contributed by atoms with E-state index >= 15 is 0 Å². The highest BCUT2D eigenvalue weighted by atomic mass is 16.6. The highest BCUT2D eigenvalue weighted by Crippen LogP contribution is 2.35. The van der Waals surface area contributed by atoms with Gasteiger partial charge in [-0.15, -0.1) is 0 Å². The zero-order valence-electron chi connectivity index (χ0n) is 26.1. The summed E-state index contributed by atoms with van der Waals surface area (Å²) in [6, 6.07) is 17.5. The van der Waals surface area contributed by atoms with Crippen molar-refractivity contribution in [3.63, 3.8) is 0 Å². The summed E-state index contributed by atoms with van der Waals surface area (Å²) < 4.78 is 5.35. The van der Waals surface area contributed by atoms with Crippen molar-refractivity contribution in [3.05, 3.63) is 89.2 Å². The normalized spacial score (nSPS) is 15.6. The third-order valence-corrected chi connectivity index (χ3v) is 7.64. The molecule has 1 fully saturated rings. The molecule has 11 nitrogen and oxygen atoms in total. The number of piperazine rings is 1. The molecule has 5 N–H and O–H groups in total.